The third kappa shape index (κ3) is 3.54. The van der Waals surface area contributed by atoms with Crippen molar-refractivity contribution in [1.82, 2.24) is 0 Å². The quantitative estimate of drug-likeness (QED) is 0.476. The minimum Gasteiger partial charge on any atom is -0.496 e. The Labute approximate surface area is 142 Å². The Bertz CT molecular complexity index is 601. The summed E-state index contributed by atoms with van der Waals surface area (Å²) in [6.45, 7) is 0. The molecule has 0 aromatic heterocycles. The molecular weight excluding hydrogens is 459 g/mol. The van der Waals surface area contributed by atoms with Gasteiger partial charge in [-0.3, -0.25) is 0 Å². The standard InChI is InChI=1S/C14H10Br3ClO/c1-19-13-5-2-8(15)6-11(13)14(17)10-4-3-9(18)7-12(10)16/h2-7,14H,1H3. The van der Waals surface area contributed by atoms with Gasteiger partial charge in [-0.15, -0.1) is 0 Å². The molecule has 0 N–H and O–H groups in total. The van der Waals surface area contributed by atoms with Crippen molar-refractivity contribution in [2.75, 3.05) is 7.11 Å². The van der Waals surface area contributed by atoms with Crippen LogP contribution >= 0.6 is 59.4 Å². The highest BCUT2D eigenvalue weighted by Gasteiger charge is 2.18. The second-order valence-corrected chi connectivity index (χ2v) is 7.04. The number of methoxy groups -OCH3 is 1. The van der Waals surface area contributed by atoms with Gasteiger partial charge in [0.25, 0.3) is 0 Å². The van der Waals surface area contributed by atoms with Crippen molar-refractivity contribution in [3.05, 3.63) is 61.5 Å². The van der Waals surface area contributed by atoms with E-state index >= 15 is 0 Å². The number of rotatable bonds is 3. The van der Waals surface area contributed by atoms with Crippen molar-refractivity contribution in [3.63, 3.8) is 0 Å². The average Bonchev–Trinajstić information content (AvgIpc) is 2.38. The Kier molecular flexibility index (Phi) is 5.35. The first-order chi connectivity index (χ1) is 9.02. The SMILES string of the molecule is COc1ccc(Br)cc1C(Br)c1ccc(Cl)cc1Br. The van der Waals surface area contributed by atoms with Crippen LogP contribution in [0.2, 0.25) is 5.02 Å². The summed E-state index contributed by atoms with van der Waals surface area (Å²) < 4.78 is 7.39. The smallest absolute Gasteiger partial charge is 0.123 e. The van der Waals surface area contributed by atoms with Crippen LogP contribution in [0.3, 0.4) is 0 Å². The Balaban J connectivity index is 2.49. The summed E-state index contributed by atoms with van der Waals surface area (Å²) in [5, 5.41) is 0.705. The monoisotopic (exact) mass is 466 g/mol. The summed E-state index contributed by atoms with van der Waals surface area (Å²) in [6.07, 6.45) is 0. The van der Waals surface area contributed by atoms with E-state index in [0.717, 1.165) is 25.8 Å². The fourth-order valence-corrected chi connectivity index (χ4v) is 4.13. The molecule has 1 unspecified atom stereocenters. The van der Waals surface area contributed by atoms with Crippen molar-refractivity contribution >= 4 is 59.4 Å². The van der Waals surface area contributed by atoms with Gasteiger partial charge >= 0.3 is 0 Å². The number of alkyl halides is 1. The van der Waals surface area contributed by atoms with Gasteiger partial charge in [0, 0.05) is 19.5 Å². The van der Waals surface area contributed by atoms with Gasteiger partial charge in [0.15, 0.2) is 0 Å². The molecule has 2 aromatic rings. The van der Waals surface area contributed by atoms with Crippen LogP contribution in [0.4, 0.5) is 0 Å². The van der Waals surface area contributed by atoms with Crippen molar-refractivity contribution in [2.24, 2.45) is 0 Å². The van der Waals surface area contributed by atoms with E-state index in [1.54, 1.807) is 7.11 Å². The number of hydrogen-bond donors (Lipinski definition) is 0. The summed E-state index contributed by atoms with van der Waals surface area (Å²) >= 11 is 16.7. The number of halogens is 4. The van der Waals surface area contributed by atoms with E-state index < -0.39 is 0 Å². The van der Waals surface area contributed by atoms with Crippen LogP contribution in [0, 0.1) is 0 Å². The van der Waals surface area contributed by atoms with E-state index in [4.69, 9.17) is 16.3 Å². The Morgan fingerprint density at radius 3 is 2.42 bits per heavy atom. The lowest BCUT2D eigenvalue weighted by Crippen LogP contribution is -1.98. The molecule has 1 atom stereocenters. The van der Waals surface area contributed by atoms with Crippen LogP contribution in [-0.4, -0.2) is 7.11 Å². The molecule has 0 saturated heterocycles. The summed E-state index contributed by atoms with van der Waals surface area (Å²) in [4.78, 5) is 0.0200. The van der Waals surface area contributed by atoms with E-state index in [-0.39, 0.29) is 4.83 Å². The third-order valence-electron chi connectivity index (χ3n) is 2.70. The molecule has 0 aliphatic rings. The maximum Gasteiger partial charge on any atom is 0.123 e. The van der Waals surface area contributed by atoms with E-state index in [1.807, 2.05) is 36.4 Å². The maximum absolute atomic E-state index is 5.97. The van der Waals surface area contributed by atoms with Gasteiger partial charge in [0.05, 0.1) is 11.9 Å². The normalized spacial score (nSPS) is 12.3. The van der Waals surface area contributed by atoms with E-state index in [9.17, 15) is 0 Å². The van der Waals surface area contributed by atoms with Gasteiger partial charge < -0.3 is 4.74 Å². The van der Waals surface area contributed by atoms with E-state index in [2.05, 4.69) is 47.8 Å². The van der Waals surface area contributed by atoms with Crippen molar-refractivity contribution in [3.8, 4) is 5.75 Å². The average molecular weight is 469 g/mol. The molecule has 0 spiro atoms. The minimum absolute atomic E-state index is 0.0200. The second kappa shape index (κ2) is 6.61. The molecule has 5 heteroatoms. The number of benzene rings is 2. The maximum atomic E-state index is 5.97. The molecule has 2 rings (SSSR count). The van der Waals surface area contributed by atoms with E-state index in [0.29, 0.717) is 5.02 Å². The zero-order valence-electron chi connectivity index (χ0n) is 9.96. The van der Waals surface area contributed by atoms with Gasteiger partial charge in [-0.25, -0.2) is 0 Å². The highest BCUT2D eigenvalue weighted by atomic mass is 79.9. The fourth-order valence-electron chi connectivity index (χ4n) is 1.78. The highest BCUT2D eigenvalue weighted by Crippen LogP contribution is 2.41. The number of hydrogen-bond acceptors (Lipinski definition) is 1. The molecule has 19 heavy (non-hydrogen) atoms. The Morgan fingerprint density at radius 1 is 1.05 bits per heavy atom. The van der Waals surface area contributed by atoms with Gasteiger partial charge in [-0.2, -0.15) is 0 Å². The van der Waals surface area contributed by atoms with Gasteiger partial charge in [0.2, 0.25) is 0 Å². The fraction of sp³-hybridized carbons (Fsp3) is 0.143. The molecule has 1 nitrogen and oxygen atoms in total. The Hall–Kier alpha value is -0.0300. The molecule has 0 aliphatic carbocycles. The molecule has 0 amide bonds. The predicted octanol–water partition coefficient (Wildman–Crippen LogP) is 6.36. The van der Waals surface area contributed by atoms with Crippen molar-refractivity contribution in [2.45, 2.75) is 4.83 Å². The highest BCUT2D eigenvalue weighted by molar-refractivity contribution is 9.11. The van der Waals surface area contributed by atoms with Crippen LogP contribution in [0.5, 0.6) is 5.75 Å². The van der Waals surface area contributed by atoms with Crippen molar-refractivity contribution < 1.29 is 4.74 Å². The summed E-state index contributed by atoms with van der Waals surface area (Å²) in [5.41, 5.74) is 2.15. The van der Waals surface area contributed by atoms with Gasteiger partial charge in [0.1, 0.15) is 5.75 Å². The minimum atomic E-state index is 0.0200. The van der Waals surface area contributed by atoms with Crippen LogP contribution in [0.25, 0.3) is 0 Å². The lowest BCUT2D eigenvalue weighted by atomic mass is 10.0. The van der Waals surface area contributed by atoms with Crippen LogP contribution in [-0.2, 0) is 0 Å². The molecule has 0 radical (unpaired) electrons. The molecular formula is C14H10Br3ClO. The van der Waals surface area contributed by atoms with Crippen LogP contribution in [0.15, 0.2) is 45.3 Å². The molecule has 0 heterocycles. The first-order valence-electron chi connectivity index (χ1n) is 5.45. The third-order valence-corrected chi connectivity index (χ3v) is 5.10. The Morgan fingerprint density at radius 2 is 1.79 bits per heavy atom. The molecule has 2 aromatic carbocycles. The van der Waals surface area contributed by atoms with Crippen LogP contribution in [0.1, 0.15) is 16.0 Å². The molecule has 0 aliphatic heterocycles. The first kappa shape index (κ1) is 15.4. The molecule has 0 saturated carbocycles. The summed E-state index contributed by atoms with van der Waals surface area (Å²) in [5.74, 6) is 0.840. The topological polar surface area (TPSA) is 9.23 Å². The van der Waals surface area contributed by atoms with Gasteiger partial charge in [-0.05, 0) is 35.9 Å². The summed E-state index contributed by atoms with van der Waals surface area (Å²) in [7, 11) is 1.67. The van der Waals surface area contributed by atoms with Crippen molar-refractivity contribution in [1.29, 1.82) is 0 Å². The largest absolute Gasteiger partial charge is 0.496 e. The lowest BCUT2D eigenvalue weighted by Gasteiger charge is -2.16. The lowest BCUT2D eigenvalue weighted by molar-refractivity contribution is 0.410. The number of ether oxygens (including phenoxy) is 1. The second-order valence-electron chi connectivity index (χ2n) is 3.91. The predicted molar refractivity (Wildman–Crippen MR) is 90.6 cm³/mol. The molecule has 0 fully saturated rings. The molecule has 0 bridgehead atoms. The zero-order chi connectivity index (χ0) is 14.0. The van der Waals surface area contributed by atoms with Gasteiger partial charge in [-0.1, -0.05) is 65.5 Å². The first-order valence-corrected chi connectivity index (χ1v) is 8.33. The molecule has 100 valence electrons. The van der Waals surface area contributed by atoms with Crippen LogP contribution < -0.4 is 4.74 Å². The zero-order valence-corrected chi connectivity index (χ0v) is 15.5. The summed E-state index contributed by atoms with van der Waals surface area (Å²) in [6, 6.07) is 11.7. The van der Waals surface area contributed by atoms with E-state index in [1.165, 1.54) is 0 Å².